The largest absolute Gasteiger partial charge is 0.309 e. The lowest BCUT2D eigenvalue weighted by atomic mass is 9.94. The van der Waals surface area contributed by atoms with Crippen molar-refractivity contribution in [1.82, 2.24) is 19.1 Å². The van der Waals surface area contributed by atoms with E-state index in [-0.39, 0.29) is 0 Å². The average Bonchev–Trinajstić information content (AvgIpc) is 3.88. The first-order chi connectivity index (χ1) is 31.7. The van der Waals surface area contributed by atoms with E-state index in [9.17, 15) is 0 Å². The van der Waals surface area contributed by atoms with E-state index in [4.69, 9.17) is 9.97 Å². The van der Waals surface area contributed by atoms with E-state index in [1.54, 1.807) is 0 Å². The Labute approximate surface area is 369 Å². The van der Waals surface area contributed by atoms with Crippen molar-refractivity contribution in [2.75, 3.05) is 0 Å². The number of rotatable bonds is 6. The van der Waals surface area contributed by atoms with Crippen molar-refractivity contribution in [3.63, 3.8) is 0 Å². The van der Waals surface area contributed by atoms with E-state index in [0.29, 0.717) is 5.95 Å². The fourth-order valence-corrected chi connectivity index (χ4v) is 9.97. The minimum Gasteiger partial charge on any atom is -0.309 e. The molecule has 13 rings (SSSR count). The van der Waals surface area contributed by atoms with Crippen LogP contribution in [0.4, 0.5) is 0 Å². The lowest BCUT2D eigenvalue weighted by Crippen LogP contribution is -2.04. The van der Waals surface area contributed by atoms with Crippen LogP contribution in [0.15, 0.2) is 231 Å². The van der Waals surface area contributed by atoms with Gasteiger partial charge in [-0.3, -0.25) is 4.57 Å². The Kier molecular flexibility index (Phi) is 8.18. The zero-order valence-corrected chi connectivity index (χ0v) is 34.7. The van der Waals surface area contributed by atoms with Crippen LogP contribution in [0.2, 0.25) is 0 Å². The van der Waals surface area contributed by atoms with Crippen molar-refractivity contribution in [1.29, 1.82) is 0 Å². The first-order valence-electron chi connectivity index (χ1n) is 21.8. The second-order valence-electron chi connectivity index (χ2n) is 16.6. The highest BCUT2D eigenvalue weighted by atomic mass is 15.2. The standard InChI is InChI=1S/C60H38N4/c1-3-15-39(16-4-1)41-27-29-43(30-28-41)58-50-23-9-12-24-53(50)61-60(62-58)64-55-26-14-11-22-49(55)52-37-44-19-7-8-20-47(44)57(59(52)64)45-33-36-56-51(38-45)48-21-10-13-25-54(48)63(56)46-34-31-42(32-35-46)40-17-5-2-6-18-40/h1-38H. The molecule has 64 heavy (non-hydrogen) atoms. The van der Waals surface area contributed by atoms with E-state index in [1.807, 2.05) is 0 Å². The molecule has 13 aromatic rings. The Balaban J connectivity index is 1.06. The average molecular weight is 815 g/mol. The summed E-state index contributed by atoms with van der Waals surface area (Å²) in [4.78, 5) is 10.9. The normalized spacial score (nSPS) is 11.8. The first kappa shape index (κ1) is 36.1. The van der Waals surface area contributed by atoms with Crippen LogP contribution >= 0.6 is 0 Å². The second-order valence-corrected chi connectivity index (χ2v) is 16.6. The van der Waals surface area contributed by atoms with Crippen molar-refractivity contribution in [2.24, 2.45) is 0 Å². The van der Waals surface area contributed by atoms with E-state index in [1.165, 1.54) is 49.3 Å². The maximum atomic E-state index is 5.53. The zero-order valence-electron chi connectivity index (χ0n) is 34.7. The van der Waals surface area contributed by atoms with Crippen molar-refractivity contribution in [3.05, 3.63) is 231 Å². The molecule has 0 aliphatic rings. The molecular weight excluding hydrogens is 777 g/mol. The fourth-order valence-electron chi connectivity index (χ4n) is 9.97. The van der Waals surface area contributed by atoms with Gasteiger partial charge in [0.2, 0.25) is 5.95 Å². The molecule has 4 nitrogen and oxygen atoms in total. The number of hydrogen-bond acceptors (Lipinski definition) is 2. The third-order valence-electron chi connectivity index (χ3n) is 12.9. The molecule has 3 aromatic heterocycles. The summed E-state index contributed by atoms with van der Waals surface area (Å²) >= 11 is 0. The molecule has 0 radical (unpaired) electrons. The third kappa shape index (κ3) is 5.70. The monoisotopic (exact) mass is 814 g/mol. The smallest absolute Gasteiger partial charge is 0.235 e. The number of nitrogens with zero attached hydrogens (tertiary/aromatic N) is 4. The Hall–Kier alpha value is -8.60. The maximum absolute atomic E-state index is 5.53. The predicted molar refractivity (Wildman–Crippen MR) is 267 cm³/mol. The zero-order chi connectivity index (χ0) is 42.1. The summed E-state index contributed by atoms with van der Waals surface area (Å²) in [7, 11) is 0. The summed E-state index contributed by atoms with van der Waals surface area (Å²) in [6.07, 6.45) is 0. The van der Waals surface area contributed by atoms with Crippen LogP contribution < -0.4 is 0 Å². The summed E-state index contributed by atoms with van der Waals surface area (Å²) in [6, 6.07) is 82.8. The molecule has 0 unspecified atom stereocenters. The van der Waals surface area contributed by atoms with Gasteiger partial charge in [0.05, 0.1) is 33.3 Å². The molecule has 0 aliphatic carbocycles. The number of fused-ring (bicyclic) bond motifs is 8. The summed E-state index contributed by atoms with van der Waals surface area (Å²) < 4.78 is 4.71. The van der Waals surface area contributed by atoms with Gasteiger partial charge in [0, 0.05) is 43.7 Å². The van der Waals surface area contributed by atoms with Crippen LogP contribution in [0.5, 0.6) is 0 Å². The van der Waals surface area contributed by atoms with Crippen LogP contribution in [-0.4, -0.2) is 19.1 Å². The van der Waals surface area contributed by atoms with Crippen molar-refractivity contribution in [3.8, 4) is 56.3 Å². The summed E-state index contributed by atoms with van der Waals surface area (Å²) in [5, 5.41) is 8.12. The van der Waals surface area contributed by atoms with Crippen LogP contribution in [0.25, 0.3) is 122 Å². The van der Waals surface area contributed by atoms with Crippen LogP contribution in [0.1, 0.15) is 0 Å². The molecule has 298 valence electrons. The highest BCUT2D eigenvalue weighted by molar-refractivity contribution is 6.22. The van der Waals surface area contributed by atoms with Gasteiger partial charge in [0.1, 0.15) is 0 Å². The molecule has 10 aromatic carbocycles. The van der Waals surface area contributed by atoms with Crippen molar-refractivity contribution in [2.45, 2.75) is 0 Å². The molecule has 4 heteroatoms. The number of para-hydroxylation sites is 3. The minimum absolute atomic E-state index is 0.639. The minimum atomic E-state index is 0.639. The van der Waals surface area contributed by atoms with Gasteiger partial charge in [-0.25, -0.2) is 9.97 Å². The number of benzene rings is 10. The van der Waals surface area contributed by atoms with E-state index in [0.717, 1.165) is 66.3 Å². The molecule has 0 N–H and O–H groups in total. The van der Waals surface area contributed by atoms with Gasteiger partial charge in [-0.05, 0) is 87.1 Å². The highest BCUT2D eigenvalue weighted by Gasteiger charge is 2.23. The van der Waals surface area contributed by atoms with Gasteiger partial charge in [-0.2, -0.15) is 0 Å². The molecular formula is C60H38N4. The molecule has 0 atom stereocenters. The Morgan fingerprint density at radius 1 is 0.297 bits per heavy atom. The van der Waals surface area contributed by atoms with Gasteiger partial charge in [0.15, 0.2) is 0 Å². The Morgan fingerprint density at radius 3 is 1.50 bits per heavy atom. The molecule has 0 saturated heterocycles. The van der Waals surface area contributed by atoms with Crippen LogP contribution in [-0.2, 0) is 0 Å². The summed E-state index contributed by atoms with van der Waals surface area (Å²) in [6.45, 7) is 0. The quantitative estimate of drug-likeness (QED) is 0.168. The molecule has 0 saturated carbocycles. The molecule has 0 bridgehead atoms. The van der Waals surface area contributed by atoms with Gasteiger partial charge in [-0.1, -0.05) is 182 Å². The van der Waals surface area contributed by atoms with Crippen molar-refractivity contribution >= 4 is 65.3 Å². The number of aromatic nitrogens is 4. The summed E-state index contributed by atoms with van der Waals surface area (Å²) in [5.41, 5.74) is 15.5. The van der Waals surface area contributed by atoms with Gasteiger partial charge >= 0.3 is 0 Å². The van der Waals surface area contributed by atoms with Gasteiger partial charge in [0.25, 0.3) is 0 Å². The van der Waals surface area contributed by atoms with E-state index in [2.05, 4.69) is 240 Å². The molecule has 0 fully saturated rings. The highest BCUT2D eigenvalue weighted by Crippen LogP contribution is 2.45. The Morgan fingerprint density at radius 2 is 0.797 bits per heavy atom. The topological polar surface area (TPSA) is 35.6 Å². The SMILES string of the molecule is c1ccc(-c2ccc(-c3nc(-n4c5ccccc5c5cc6ccccc6c(-c6ccc7c(c6)c6ccccc6n7-c6ccc(-c7ccccc7)cc6)c54)nc4ccccc34)cc2)cc1. The summed E-state index contributed by atoms with van der Waals surface area (Å²) in [5.74, 6) is 0.639. The fraction of sp³-hybridized carbons (Fsp3) is 0. The Bertz CT molecular complexity index is 3920. The first-order valence-corrected chi connectivity index (χ1v) is 21.8. The molecule has 0 spiro atoms. The van der Waals surface area contributed by atoms with E-state index < -0.39 is 0 Å². The lowest BCUT2D eigenvalue weighted by molar-refractivity contribution is 1.01. The lowest BCUT2D eigenvalue weighted by Gasteiger charge is -2.16. The van der Waals surface area contributed by atoms with Gasteiger partial charge in [-0.15, -0.1) is 0 Å². The predicted octanol–water partition coefficient (Wildman–Crippen LogP) is 15.6. The van der Waals surface area contributed by atoms with Crippen LogP contribution in [0.3, 0.4) is 0 Å². The third-order valence-corrected chi connectivity index (χ3v) is 12.9. The van der Waals surface area contributed by atoms with Crippen LogP contribution in [0, 0.1) is 0 Å². The molecule has 0 aliphatic heterocycles. The van der Waals surface area contributed by atoms with Gasteiger partial charge < -0.3 is 4.57 Å². The number of hydrogen-bond donors (Lipinski definition) is 0. The van der Waals surface area contributed by atoms with Crippen molar-refractivity contribution < 1.29 is 0 Å². The van der Waals surface area contributed by atoms with E-state index >= 15 is 0 Å². The second kappa shape index (κ2) is 14.5. The molecule has 3 heterocycles. The maximum Gasteiger partial charge on any atom is 0.235 e. The molecule has 0 amide bonds.